The van der Waals surface area contributed by atoms with Crippen molar-refractivity contribution >= 4 is 22.2 Å². The number of rotatable bonds is 8. The van der Waals surface area contributed by atoms with Gasteiger partial charge in [0.05, 0.1) is 36.6 Å². The Hall–Kier alpha value is -4.01. The van der Waals surface area contributed by atoms with Crippen LogP contribution in [0.25, 0.3) is 27.7 Å². The number of carbonyl (C=O) groups excluding carboxylic acids is 1. The van der Waals surface area contributed by atoms with E-state index in [4.69, 9.17) is 14.6 Å². The first-order valence-corrected chi connectivity index (χ1v) is 12.9. The number of ketones is 1. The summed E-state index contributed by atoms with van der Waals surface area (Å²) in [6.45, 7) is 6.30. The van der Waals surface area contributed by atoms with Gasteiger partial charge in [0.25, 0.3) is 5.56 Å². The normalized spacial score (nSPS) is 14.4. The van der Waals surface area contributed by atoms with Gasteiger partial charge in [-0.1, -0.05) is 43.3 Å². The molecule has 8 heteroatoms. The summed E-state index contributed by atoms with van der Waals surface area (Å²) in [6, 6.07) is 20.8. The van der Waals surface area contributed by atoms with Crippen LogP contribution in [0.4, 0.5) is 5.69 Å². The average molecular weight is 514 g/mol. The lowest BCUT2D eigenvalue weighted by Gasteiger charge is -2.30. The molecule has 0 saturated carbocycles. The molecule has 1 atom stereocenters. The average Bonchev–Trinajstić information content (AvgIpc) is 2.97. The van der Waals surface area contributed by atoms with E-state index in [-0.39, 0.29) is 11.3 Å². The van der Waals surface area contributed by atoms with Crippen molar-refractivity contribution in [2.45, 2.75) is 19.8 Å². The van der Waals surface area contributed by atoms with Gasteiger partial charge in [-0.2, -0.15) is 9.78 Å². The van der Waals surface area contributed by atoms with Crippen LogP contribution in [0.5, 0.6) is 5.75 Å². The number of benzene rings is 3. The summed E-state index contributed by atoms with van der Waals surface area (Å²) in [5, 5.41) is 15.7. The summed E-state index contributed by atoms with van der Waals surface area (Å²) in [6.07, 6.45) is 0. The highest BCUT2D eigenvalue weighted by Gasteiger charge is 2.23. The van der Waals surface area contributed by atoms with Gasteiger partial charge in [0.1, 0.15) is 12.4 Å². The molecule has 8 nitrogen and oxygen atoms in total. The van der Waals surface area contributed by atoms with Crippen LogP contribution < -0.4 is 15.2 Å². The van der Waals surface area contributed by atoms with Crippen LogP contribution in [0.15, 0.2) is 71.5 Å². The van der Waals surface area contributed by atoms with E-state index < -0.39 is 12.5 Å². The molecule has 196 valence electrons. The van der Waals surface area contributed by atoms with Gasteiger partial charge >= 0.3 is 0 Å². The Bertz CT molecular complexity index is 1520. The van der Waals surface area contributed by atoms with Gasteiger partial charge in [-0.05, 0) is 42.8 Å². The molecule has 1 saturated heterocycles. The number of hydrogen-bond donors (Lipinski definition) is 1. The monoisotopic (exact) mass is 513 g/mol. The molecule has 0 bridgehead atoms. The number of fused-ring (bicyclic) bond motifs is 1. The number of hydrogen-bond acceptors (Lipinski definition) is 7. The Kier molecular flexibility index (Phi) is 7.53. The van der Waals surface area contributed by atoms with Gasteiger partial charge in [0.15, 0.2) is 5.78 Å². The zero-order chi connectivity index (χ0) is 26.6. The highest BCUT2D eigenvalue weighted by molar-refractivity contribution is 5.94. The molecule has 4 aromatic rings. The second kappa shape index (κ2) is 11.2. The lowest BCUT2D eigenvalue weighted by molar-refractivity contribution is -0.122. The number of aliphatic hydroxyl groups is 1. The third-order valence-electron chi connectivity index (χ3n) is 6.95. The smallest absolute Gasteiger partial charge is 0.279 e. The minimum Gasteiger partial charge on any atom is -0.494 e. The molecule has 1 fully saturated rings. The van der Waals surface area contributed by atoms with Crippen LogP contribution >= 0.6 is 0 Å². The van der Waals surface area contributed by atoms with Crippen molar-refractivity contribution in [3.8, 4) is 22.7 Å². The second-order valence-corrected chi connectivity index (χ2v) is 9.26. The van der Waals surface area contributed by atoms with Crippen molar-refractivity contribution in [1.29, 1.82) is 0 Å². The van der Waals surface area contributed by atoms with Crippen LogP contribution in [0, 0.1) is 0 Å². The van der Waals surface area contributed by atoms with Crippen molar-refractivity contribution in [3.63, 3.8) is 0 Å². The highest BCUT2D eigenvalue weighted by atomic mass is 16.5. The largest absolute Gasteiger partial charge is 0.494 e. The quantitative estimate of drug-likeness (QED) is 0.381. The van der Waals surface area contributed by atoms with Crippen LogP contribution in [-0.2, 0) is 9.53 Å². The zero-order valence-corrected chi connectivity index (χ0v) is 21.6. The predicted octanol–water partition coefficient (Wildman–Crippen LogP) is 3.95. The van der Waals surface area contributed by atoms with E-state index in [0.29, 0.717) is 47.9 Å². The van der Waals surface area contributed by atoms with Gasteiger partial charge < -0.3 is 19.5 Å². The summed E-state index contributed by atoms with van der Waals surface area (Å²) in [5.74, 6) is -0.242. The van der Waals surface area contributed by atoms with Crippen LogP contribution in [-0.4, -0.2) is 60.2 Å². The Morgan fingerprint density at radius 2 is 1.82 bits per heavy atom. The van der Waals surface area contributed by atoms with E-state index >= 15 is 0 Å². The minimum absolute atomic E-state index is 0.283. The fourth-order valence-electron chi connectivity index (χ4n) is 4.88. The van der Waals surface area contributed by atoms with Gasteiger partial charge in [0, 0.05) is 35.6 Å². The van der Waals surface area contributed by atoms with Crippen molar-refractivity contribution in [2.75, 3.05) is 44.4 Å². The Labute approximate surface area is 221 Å². The number of aliphatic hydroxyl groups excluding tert-OH is 1. The van der Waals surface area contributed by atoms with E-state index in [1.165, 1.54) is 4.68 Å². The fraction of sp³-hybridized carbons (Fsp3) is 0.300. The minimum atomic E-state index is -0.626. The number of carbonyl (C=O) groups is 1. The summed E-state index contributed by atoms with van der Waals surface area (Å²) in [7, 11) is 0. The number of ether oxygens (including phenoxy) is 2. The first kappa shape index (κ1) is 25.6. The molecule has 5 rings (SSSR count). The Balaban J connectivity index is 1.77. The van der Waals surface area contributed by atoms with Crippen LogP contribution in [0.3, 0.4) is 0 Å². The molecule has 0 aliphatic carbocycles. The number of aromatic nitrogens is 2. The maximum Gasteiger partial charge on any atom is 0.279 e. The molecule has 1 aromatic heterocycles. The first-order chi connectivity index (χ1) is 18.5. The second-order valence-electron chi connectivity index (χ2n) is 9.26. The Morgan fingerprint density at radius 1 is 1.05 bits per heavy atom. The van der Waals surface area contributed by atoms with E-state index in [9.17, 15) is 14.7 Å². The van der Waals surface area contributed by atoms with E-state index in [2.05, 4.69) is 4.90 Å². The van der Waals surface area contributed by atoms with Crippen LogP contribution in [0.2, 0.25) is 0 Å². The summed E-state index contributed by atoms with van der Waals surface area (Å²) in [4.78, 5) is 28.6. The van der Waals surface area contributed by atoms with Gasteiger partial charge in [-0.15, -0.1) is 0 Å². The fourth-order valence-corrected chi connectivity index (χ4v) is 4.88. The molecule has 3 aromatic carbocycles. The van der Waals surface area contributed by atoms with Gasteiger partial charge in [0.2, 0.25) is 0 Å². The van der Waals surface area contributed by atoms with Crippen molar-refractivity contribution < 1.29 is 19.4 Å². The van der Waals surface area contributed by atoms with E-state index in [1.54, 1.807) is 13.0 Å². The Morgan fingerprint density at radius 3 is 2.55 bits per heavy atom. The van der Waals surface area contributed by atoms with Gasteiger partial charge in [-0.25, -0.2) is 0 Å². The lowest BCUT2D eigenvalue weighted by Crippen LogP contribution is -2.36. The molecule has 38 heavy (non-hydrogen) atoms. The molecule has 1 aliphatic rings. The zero-order valence-electron chi connectivity index (χ0n) is 21.6. The summed E-state index contributed by atoms with van der Waals surface area (Å²) >= 11 is 0. The molecule has 2 heterocycles. The third-order valence-corrected chi connectivity index (χ3v) is 6.95. The van der Waals surface area contributed by atoms with E-state index in [1.807, 2.05) is 67.6 Å². The van der Waals surface area contributed by atoms with Gasteiger partial charge in [-0.3, -0.25) is 9.59 Å². The third kappa shape index (κ3) is 4.92. The predicted molar refractivity (Wildman–Crippen MR) is 147 cm³/mol. The molecular weight excluding hydrogens is 482 g/mol. The van der Waals surface area contributed by atoms with Crippen molar-refractivity contribution in [2.24, 2.45) is 0 Å². The molecule has 1 N–H and O–H groups in total. The SMILES string of the molecule is CCOc1cccc(-c2nn(-c3cc(N4CCOCC4)ccc3[C@@H](C)C(=O)CO)c(=O)c3ccccc23)c1. The molecule has 0 unspecified atom stereocenters. The standard InChI is InChI=1S/C30H31N3O5/c1-3-38-23-8-6-7-21(17-23)29-25-9-4-5-10-26(25)30(36)33(31-29)27-18-22(32-13-15-37-16-14-32)11-12-24(27)20(2)28(35)19-34/h4-12,17-18,20,34H,3,13-16,19H2,1-2H3/t20-/m1/s1. The molecule has 0 spiro atoms. The number of nitrogens with zero attached hydrogens (tertiary/aromatic N) is 3. The molecule has 0 amide bonds. The molecule has 1 aliphatic heterocycles. The van der Waals surface area contributed by atoms with Crippen LogP contribution in [0.1, 0.15) is 25.3 Å². The lowest BCUT2D eigenvalue weighted by atomic mass is 9.94. The topological polar surface area (TPSA) is 93.9 Å². The molecule has 0 radical (unpaired) electrons. The number of anilines is 1. The highest BCUT2D eigenvalue weighted by Crippen LogP contribution is 2.32. The van der Waals surface area contributed by atoms with E-state index in [0.717, 1.165) is 29.7 Å². The van der Waals surface area contributed by atoms with Crippen molar-refractivity contribution in [1.82, 2.24) is 9.78 Å². The summed E-state index contributed by atoms with van der Waals surface area (Å²) < 4.78 is 12.6. The van der Waals surface area contributed by atoms with Crippen molar-refractivity contribution in [3.05, 3.63) is 82.6 Å². The maximum absolute atomic E-state index is 13.9. The number of morpholine rings is 1. The number of Topliss-reactive ketones (excluding diaryl/α,β-unsaturated/α-hetero) is 1. The maximum atomic E-state index is 13.9. The summed E-state index contributed by atoms with van der Waals surface area (Å²) in [5.41, 5.74) is 3.21. The first-order valence-electron chi connectivity index (χ1n) is 12.9. The molecular formula is C30H31N3O5.